The quantitative estimate of drug-likeness (QED) is 0.561. The number of rotatable bonds is 4. The van der Waals surface area contributed by atoms with Crippen LogP contribution in [0.3, 0.4) is 0 Å². The van der Waals surface area contributed by atoms with E-state index in [1.54, 1.807) is 14.2 Å². The SMILES string of the molecule is COc1cc2c(cc1OC)-c1c(C)c(-c3ccc4c(c3)CCN4C(=O)NC(C)C)c(C)n1CC2. The molecule has 0 saturated heterocycles. The molecule has 1 aromatic heterocycles. The lowest BCUT2D eigenvalue weighted by molar-refractivity contribution is 0.244. The molecule has 3 aromatic rings. The number of hydrogen-bond acceptors (Lipinski definition) is 3. The van der Waals surface area contributed by atoms with E-state index in [4.69, 9.17) is 9.47 Å². The Labute approximate surface area is 201 Å². The molecule has 3 heterocycles. The molecule has 6 heteroatoms. The lowest BCUT2D eigenvalue weighted by Gasteiger charge is -2.23. The molecule has 5 rings (SSSR count). The van der Waals surface area contributed by atoms with Crippen LogP contribution >= 0.6 is 0 Å². The number of nitrogens with one attached hydrogen (secondary N) is 1. The first-order chi connectivity index (χ1) is 16.3. The van der Waals surface area contributed by atoms with Gasteiger partial charge in [-0.2, -0.15) is 0 Å². The average Bonchev–Trinajstić information content (AvgIpc) is 3.35. The summed E-state index contributed by atoms with van der Waals surface area (Å²) in [6, 6.07) is 10.9. The third kappa shape index (κ3) is 3.44. The number of hydrogen-bond donors (Lipinski definition) is 1. The smallest absolute Gasteiger partial charge is 0.322 e. The third-order valence-electron chi connectivity index (χ3n) is 7.16. The lowest BCUT2D eigenvalue weighted by Crippen LogP contribution is -2.42. The molecular formula is C28H33N3O3. The van der Waals surface area contributed by atoms with Crippen LogP contribution in [0.1, 0.15) is 36.2 Å². The highest BCUT2D eigenvalue weighted by atomic mass is 16.5. The van der Waals surface area contributed by atoms with Gasteiger partial charge in [-0.25, -0.2) is 4.79 Å². The van der Waals surface area contributed by atoms with Crippen molar-refractivity contribution in [1.82, 2.24) is 9.88 Å². The van der Waals surface area contributed by atoms with E-state index >= 15 is 0 Å². The van der Waals surface area contributed by atoms with Gasteiger partial charge in [0.2, 0.25) is 0 Å². The fourth-order valence-electron chi connectivity index (χ4n) is 5.62. The zero-order valence-corrected chi connectivity index (χ0v) is 20.9. The van der Waals surface area contributed by atoms with Gasteiger partial charge in [0.1, 0.15) is 0 Å². The number of aryl methyl sites for hydroxylation is 1. The Kier molecular flexibility index (Phi) is 5.54. The maximum atomic E-state index is 12.6. The topological polar surface area (TPSA) is 55.7 Å². The van der Waals surface area contributed by atoms with Crippen LogP contribution in [-0.4, -0.2) is 37.4 Å². The predicted molar refractivity (Wildman–Crippen MR) is 136 cm³/mol. The third-order valence-corrected chi connectivity index (χ3v) is 7.16. The number of methoxy groups -OCH3 is 2. The molecule has 0 fully saturated rings. The molecule has 0 unspecified atom stereocenters. The van der Waals surface area contributed by atoms with Crippen LogP contribution in [0, 0.1) is 13.8 Å². The second-order valence-corrected chi connectivity index (χ2v) is 9.55. The summed E-state index contributed by atoms with van der Waals surface area (Å²) in [5.74, 6) is 1.53. The molecule has 2 aliphatic rings. The normalized spacial score (nSPS) is 14.0. The van der Waals surface area contributed by atoms with Gasteiger partial charge in [-0.3, -0.25) is 4.90 Å². The second kappa shape index (κ2) is 8.42. The Hall–Kier alpha value is -3.41. The molecule has 6 nitrogen and oxygen atoms in total. The molecule has 0 saturated carbocycles. The van der Waals surface area contributed by atoms with Crippen molar-refractivity contribution in [1.29, 1.82) is 0 Å². The van der Waals surface area contributed by atoms with E-state index in [1.165, 1.54) is 44.8 Å². The molecule has 1 N–H and O–H groups in total. The lowest BCUT2D eigenvalue weighted by atomic mass is 9.93. The standard InChI is InChI=1S/C28H33N3O3/c1-16(2)29-28(32)31-12-10-20-13-21(7-8-23(20)31)26-17(3)27-22-15-25(34-6)24(33-5)14-19(22)9-11-30(27)18(26)4/h7-8,13-16H,9-12H2,1-6H3,(H,29,32). The minimum absolute atomic E-state index is 0.0193. The summed E-state index contributed by atoms with van der Waals surface area (Å²) in [7, 11) is 3.37. The summed E-state index contributed by atoms with van der Waals surface area (Å²) < 4.78 is 13.6. The first-order valence-corrected chi connectivity index (χ1v) is 12.0. The van der Waals surface area contributed by atoms with E-state index < -0.39 is 0 Å². The number of benzene rings is 2. The fraction of sp³-hybridized carbons (Fsp3) is 0.393. The monoisotopic (exact) mass is 459 g/mol. The summed E-state index contributed by atoms with van der Waals surface area (Å²) in [4.78, 5) is 14.5. The van der Waals surface area contributed by atoms with Crippen molar-refractivity contribution < 1.29 is 14.3 Å². The first-order valence-electron chi connectivity index (χ1n) is 12.0. The van der Waals surface area contributed by atoms with Crippen LogP contribution < -0.4 is 19.7 Å². The number of aromatic nitrogens is 1. The number of fused-ring (bicyclic) bond motifs is 4. The van der Waals surface area contributed by atoms with E-state index in [9.17, 15) is 4.79 Å². The Bertz CT molecular complexity index is 1290. The van der Waals surface area contributed by atoms with Gasteiger partial charge >= 0.3 is 6.03 Å². The van der Waals surface area contributed by atoms with Gasteiger partial charge in [0.25, 0.3) is 0 Å². The molecule has 2 aromatic carbocycles. The molecule has 0 aliphatic carbocycles. The van der Waals surface area contributed by atoms with Gasteiger partial charge in [0.05, 0.1) is 19.9 Å². The van der Waals surface area contributed by atoms with Crippen molar-refractivity contribution in [3.63, 3.8) is 0 Å². The van der Waals surface area contributed by atoms with Crippen LogP contribution in [-0.2, 0) is 19.4 Å². The van der Waals surface area contributed by atoms with Crippen molar-refractivity contribution in [2.75, 3.05) is 25.7 Å². The van der Waals surface area contributed by atoms with Gasteiger partial charge in [-0.05, 0) is 87.1 Å². The van der Waals surface area contributed by atoms with Crippen molar-refractivity contribution in [3.8, 4) is 33.9 Å². The Morgan fingerprint density at radius 3 is 2.38 bits per heavy atom. The van der Waals surface area contributed by atoms with E-state index in [0.29, 0.717) is 0 Å². The highest BCUT2D eigenvalue weighted by Crippen LogP contribution is 2.45. The number of carbonyl (C=O) groups excluding carboxylic acids is 1. The van der Waals surface area contributed by atoms with Gasteiger partial charge in [0.15, 0.2) is 11.5 Å². The molecule has 0 atom stereocenters. The summed E-state index contributed by atoms with van der Waals surface area (Å²) in [5.41, 5.74) is 11.1. The molecule has 2 amide bonds. The summed E-state index contributed by atoms with van der Waals surface area (Å²) >= 11 is 0. The van der Waals surface area contributed by atoms with E-state index in [-0.39, 0.29) is 12.1 Å². The second-order valence-electron chi connectivity index (χ2n) is 9.55. The maximum absolute atomic E-state index is 12.6. The van der Waals surface area contributed by atoms with E-state index in [2.05, 4.69) is 54.1 Å². The van der Waals surface area contributed by atoms with Crippen LogP contribution in [0.15, 0.2) is 30.3 Å². The number of urea groups is 1. The summed E-state index contributed by atoms with van der Waals surface area (Å²) in [6.45, 7) is 10.1. The number of amides is 2. The Morgan fingerprint density at radius 1 is 0.971 bits per heavy atom. The predicted octanol–water partition coefficient (Wildman–Crippen LogP) is 5.49. The molecule has 0 bridgehead atoms. The molecule has 0 radical (unpaired) electrons. The van der Waals surface area contributed by atoms with Crippen molar-refractivity contribution in [3.05, 3.63) is 52.7 Å². The van der Waals surface area contributed by atoms with Crippen molar-refractivity contribution >= 4 is 11.7 Å². The number of nitrogens with zero attached hydrogens (tertiary/aromatic N) is 2. The molecular weight excluding hydrogens is 426 g/mol. The van der Waals surface area contributed by atoms with E-state index in [0.717, 1.165) is 43.1 Å². The van der Waals surface area contributed by atoms with Gasteiger partial charge < -0.3 is 19.4 Å². The minimum atomic E-state index is -0.0193. The zero-order chi connectivity index (χ0) is 24.1. The van der Waals surface area contributed by atoms with Gasteiger partial charge in [0, 0.05) is 41.6 Å². The highest BCUT2D eigenvalue weighted by molar-refractivity contribution is 5.95. The summed E-state index contributed by atoms with van der Waals surface area (Å²) in [5, 5.41) is 3.01. The molecule has 2 aliphatic heterocycles. The molecule has 178 valence electrons. The van der Waals surface area contributed by atoms with Crippen LogP contribution in [0.2, 0.25) is 0 Å². The zero-order valence-electron chi connectivity index (χ0n) is 20.9. The van der Waals surface area contributed by atoms with Crippen molar-refractivity contribution in [2.45, 2.75) is 53.1 Å². The van der Waals surface area contributed by atoms with Crippen LogP contribution in [0.5, 0.6) is 11.5 Å². The molecule has 0 spiro atoms. The average molecular weight is 460 g/mol. The number of carbonyl (C=O) groups is 1. The Morgan fingerprint density at radius 2 is 1.68 bits per heavy atom. The van der Waals surface area contributed by atoms with Gasteiger partial charge in [-0.1, -0.05) is 6.07 Å². The minimum Gasteiger partial charge on any atom is -0.493 e. The van der Waals surface area contributed by atoms with E-state index in [1.807, 2.05) is 18.7 Å². The number of ether oxygens (including phenoxy) is 2. The highest BCUT2D eigenvalue weighted by Gasteiger charge is 2.29. The fourth-order valence-corrected chi connectivity index (χ4v) is 5.62. The van der Waals surface area contributed by atoms with Crippen LogP contribution in [0.25, 0.3) is 22.4 Å². The number of anilines is 1. The molecule has 34 heavy (non-hydrogen) atoms. The first kappa shape index (κ1) is 22.4. The Balaban J connectivity index is 1.57. The van der Waals surface area contributed by atoms with Gasteiger partial charge in [-0.15, -0.1) is 0 Å². The largest absolute Gasteiger partial charge is 0.493 e. The summed E-state index contributed by atoms with van der Waals surface area (Å²) in [6.07, 6.45) is 1.83. The van der Waals surface area contributed by atoms with Crippen molar-refractivity contribution in [2.24, 2.45) is 0 Å². The van der Waals surface area contributed by atoms with Crippen LogP contribution in [0.4, 0.5) is 10.5 Å². The maximum Gasteiger partial charge on any atom is 0.322 e.